The van der Waals surface area contributed by atoms with Crippen LogP contribution in [0.5, 0.6) is 5.88 Å². The number of ether oxygens (including phenoxy) is 1. The molecule has 1 aromatic heterocycles. The summed E-state index contributed by atoms with van der Waals surface area (Å²) in [5.74, 6) is 0.343. The van der Waals surface area contributed by atoms with Crippen LogP contribution in [0.4, 0.5) is 0 Å². The Morgan fingerprint density at radius 3 is 2.59 bits per heavy atom. The minimum absolute atomic E-state index is 0.0872. The smallest absolute Gasteiger partial charge is 0.280 e. The molecule has 0 aliphatic carbocycles. The molecule has 3 rings (SSSR count). The number of piperidine rings is 1. The lowest BCUT2D eigenvalue weighted by molar-refractivity contribution is 0.0714. The van der Waals surface area contributed by atoms with Crippen molar-refractivity contribution in [1.29, 1.82) is 0 Å². The number of amides is 1. The molecule has 1 saturated heterocycles. The van der Waals surface area contributed by atoms with Crippen LogP contribution in [0.25, 0.3) is 0 Å². The molecule has 22 heavy (non-hydrogen) atoms. The number of methoxy groups -OCH3 is 1. The van der Waals surface area contributed by atoms with Crippen LogP contribution in [0.1, 0.15) is 35.3 Å². The minimum atomic E-state index is -0.0872. The van der Waals surface area contributed by atoms with Crippen LogP contribution in [0.15, 0.2) is 30.3 Å². The van der Waals surface area contributed by atoms with Crippen molar-refractivity contribution >= 4 is 5.91 Å². The maximum atomic E-state index is 12.6. The van der Waals surface area contributed by atoms with E-state index in [0.29, 0.717) is 18.1 Å². The Morgan fingerprint density at radius 2 is 1.91 bits per heavy atom. The number of hydrogen-bond donors (Lipinski definition) is 0. The zero-order chi connectivity index (χ0) is 15.4. The normalized spacial score (nSPS) is 14.9. The van der Waals surface area contributed by atoms with E-state index >= 15 is 0 Å². The summed E-state index contributed by atoms with van der Waals surface area (Å²) in [6.07, 6.45) is 3.28. The molecule has 0 saturated carbocycles. The summed E-state index contributed by atoms with van der Waals surface area (Å²) in [6, 6.07) is 9.92. The van der Waals surface area contributed by atoms with Crippen LogP contribution in [0.3, 0.4) is 0 Å². The molecule has 1 aromatic carbocycles. The second-order valence-corrected chi connectivity index (χ2v) is 5.44. The lowest BCUT2D eigenvalue weighted by atomic mass is 10.1. The van der Waals surface area contributed by atoms with Crippen LogP contribution in [0.2, 0.25) is 0 Å². The fourth-order valence-corrected chi connectivity index (χ4v) is 2.75. The van der Waals surface area contributed by atoms with Gasteiger partial charge in [-0.25, -0.2) is 4.68 Å². The van der Waals surface area contributed by atoms with Gasteiger partial charge in [0.05, 0.1) is 13.7 Å². The molecule has 2 heterocycles. The van der Waals surface area contributed by atoms with E-state index in [-0.39, 0.29) is 5.91 Å². The molecule has 6 heteroatoms. The number of carbonyl (C=O) groups excluding carboxylic acids is 1. The van der Waals surface area contributed by atoms with E-state index in [1.54, 1.807) is 11.8 Å². The van der Waals surface area contributed by atoms with Gasteiger partial charge in [0.15, 0.2) is 0 Å². The Morgan fingerprint density at radius 1 is 1.18 bits per heavy atom. The third-order valence-electron chi connectivity index (χ3n) is 3.90. The maximum Gasteiger partial charge on any atom is 0.280 e. The van der Waals surface area contributed by atoms with Gasteiger partial charge in [-0.2, -0.15) is 0 Å². The average molecular weight is 300 g/mol. The van der Waals surface area contributed by atoms with Crippen molar-refractivity contribution in [2.24, 2.45) is 0 Å². The average Bonchev–Trinajstić information content (AvgIpc) is 2.98. The summed E-state index contributed by atoms with van der Waals surface area (Å²) in [6.45, 7) is 2.10. The number of nitrogens with zero attached hydrogens (tertiary/aromatic N) is 4. The first-order valence-corrected chi connectivity index (χ1v) is 7.60. The molecule has 116 valence electrons. The van der Waals surface area contributed by atoms with Crippen LogP contribution in [0, 0.1) is 0 Å². The number of carbonyl (C=O) groups is 1. The first-order valence-electron chi connectivity index (χ1n) is 7.60. The monoisotopic (exact) mass is 300 g/mol. The Bertz CT molecular complexity index is 633. The third-order valence-corrected chi connectivity index (χ3v) is 3.90. The first kappa shape index (κ1) is 14.6. The largest absolute Gasteiger partial charge is 0.479 e. The van der Waals surface area contributed by atoms with E-state index in [1.807, 2.05) is 35.2 Å². The number of aromatic nitrogens is 3. The molecule has 0 atom stereocenters. The first-order chi connectivity index (χ1) is 10.8. The Hall–Kier alpha value is -2.37. The molecular formula is C16H20N4O2. The molecule has 2 aromatic rings. The quantitative estimate of drug-likeness (QED) is 0.866. The van der Waals surface area contributed by atoms with Crippen molar-refractivity contribution < 1.29 is 9.53 Å². The third kappa shape index (κ3) is 2.95. The fraction of sp³-hybridized carbons (Fsp3) is 0.438. The SMILES string of the molecule is COc1c(C(=O)N2CCCCC2)nnn1Cc1ccccc1. The van der Waals surface area contributed by atoms with Gasteiger partial charge in [-0.1, -0.05) is 35.5 Å². The minimum Gasteiger partial charge on any atom is -0.479 e. The number of likely N-dealkylation sites (tertiary alicyclic amines) is 1. The standard InChI is InChI=1S/C16H20N4O2/c1-22-16-14(15(21)19-10-6-3-7-11-19)17-18-20(16)12-13-8-4-2-5-9-13/h2,4-5,8-9H,3,6-7,10-12H2,1H3. The summed E-state index contributed by atoms with van der Waals surface area (Å²) in [5, 5.41) is 8.15. The molecule has 0 radical (unpaired) electrons. The molecule has 1 aliphatic heterocycles. The van der Waals surface area contributed by atoms with E-state index in [2.05, 4.69) is 10.3 Å². The number of rotatable bonds is 4. The predicted octanol–water partition coefficient (Wildman–Crippen LogP) is 1.96. The Labute approximate surface area is 129 Å². The number of benzene rings is 1. The van der Waals surface area contributed by atoms with Gasteiger partial charge in [0, 0.05) is 13.1 Å². The lowest BCUT2D eigenvalue weighted by Gasteiger charge is -2.25. The highest BCUT2D eigenvalue weighted by Gasteiger charge is 2.26. The van der Waals surface area contributed by atoms with E-state index in [1.165, 1.54) is 6.42 Å². The zero-order valence-electron chi connectivity index (χ0n) is 12.7. The van der Waals surface area contributed by atoms with Gasteiger partial charge < -0.3 is 9.64 Å². The van der Waals surface area contributed by atoms with Crippen LogP contribution in [-0.2, 0) is 6.54 Å². The van der Waals surface area contributed by atoms with Gasteiger partial charge >= 0.3 is 0 Å². The van der Waals surface area contributed by atoms with Crippen molar-refractivity contribution in [3.05, 3.63) is 41.6 Å². The van der Waals surface area contributed by atoms with Gasteiger partial charge in [-0.15, -0.1) is 5.10 Å². The van der Waals surface area contributed by atoms with Crippen LogP contribution < -0.4 is 4.74 Å². The predicted molar refractivity (Wildman–Crippen MR) is 81.9 cm³/mol. The summed E-state index contributed by atoms with van der Waals surface area (Å²) < 4.78 is 7.02. The Kier molecular flexibility index (Phi) is 4.37. The van der Waals surface area contributed by atoms with Gasteiger partial charge in [0.25, 0.3) is 5.91 Å². The summed E-state index contributed by atoms with van der Waals surface area (Å²) in [5.41, 5.74) is 1.39. The number of hydrogen-bond acceptors (Lipinski definition) is 4. The van der Waals surface area contributed by atoms with Crippen LogP contribution in [-0.4, -0.2) is 46.0 Å². The van der Waals surface area contributed by atoms with Crippen molar-refractivity contribution in [2.75, 3.05) is 20.2 Å². The molecule has 0 bridgehead atoms. The van der Waals surface area contributed by atoms with Crippen LogP contribution >= 0.6 is 0 Å². The van der Waals surface area contributed by atoms with Gasteiger partial charge in [-0.3, -0.25) is 4.79 Å². The second-order valence-electron chi connectivity index (χ2n) is 5.44. The van der Waals surface area contributed by atoms with Crippen molar-refractivity contribution in [1.82, 2.24) is 19.9 Å². The van der Waals surface area contributed by atoms with Crippen molar-refractivity contribution in [2.45, 2.75) is 25.8 Å². The molecule has 0 unspecified atom stereocenters. The van der Waals surface area contributed by atoms with E-state index in [0.717, 1.165) is 31.5 Å². The molecule has 0 N–H and O–H groups in total. The fourth-order valence-electron chi connectivity index (χ4n) is 2.75. The zero-order valence-corrected chi connectivity index (χ0v) is 12.7. The van der Waals surface area contributed by atoms with E-state index < -0.39 is 0 Å². The van der Waals surface area contributed by atoms with Gasteiger partial charge in [0.2, 0.25) is 11.6 Å². The summed E-state index contributed by atoms with van der Waals surface area (Å²) in [4.78, 5) is 14.4. The molecule has 0 spiro atoms. The molecule has 1 amide bonds. The van der Waals surface area contributed by atoms with Gasteiger partial charge in [-0.05, 0) is 24.8 Å². The van der Waals surface area contributed by atoms with Crippen molar-refractivity contribution in [3.63, 3.8) is 0 Å². The second kappa shape index (κ2) is 6.60. The lowest BCUT2D eigenvalue weighted by Crippen LogP contribution is -2.36. The summed E-state index contributed by atoms with van der Waals surface area (Å²) in [7, 11) is 1.55. The van der Waals surface area contributed by atoms with E-state index in [9.17, 15) is 4.79 Å². The topological polar surface area (TPSA) is 60.2 Å². The van der Waals surface area contributed by atoms with Gasteiger partial charge in [0.1, 0.15) is 0 Å². The highest BCUT2D eigenvalue weighted by atomic mass is 16.5. The molecule has 1 aliphatic rings. The summed E-state index contributed by atoms with van der Waals surface area (Å²) >= 11 is 0. The maximum absolute atomic E-state index is 12.6. The molecular weight excluding hydrogens is 280 g/mol. The van der Waals surface area contributed by atoms with E-state index in [4.69, 9.17) is 4.74 Å². The highest BCUT2D eigenvalue weighted by molar-refractivity contribution is 5.94. The molecule has 1 fully saturated rings. The van der Waals surface area contributed by atoms with Crippen molar-refractivity contribution in [3.8, 4) is 5.88 Å². The molecule has 6 nitrogen and oxygen atoms in total. The Balaban J connectivity index is 1.82. The highest BCUT2D eigenvalue weighted by Crippen LogP contribution is 2.20.